The second-order valence-corrected chi connectivity index (χ2v) is 7.23. The minimum atomic E-state index is -1.23. The van der Waals surface area contributed by atoms with Gasteiger partial charge in [-0.05, 0) is 47.5 Å². The minimum Gasteiger partial charge on any atom is -0.480 e. The number of carboxylic acid groups (broad SMARTS) is 1. The first kappa shape index (κ1) is 20.2. The molecule has 0 aromatic heterocycles. The second-order valence-electron chi connectivity index (χ2n) is 7.23. The van der Waals surface area contributed by atoms with Crippen LogP contribution in [0.1, 0.15) is 54.9 Å². The molecule has 7 nitrogen and oxygen atoms in total. The number of ether oxygens (including phenoxy) is 2. The number of nitrogens with one attached hydrogen (secondary N) is 1. The predicted octanol–water partition coefficient (Wildman–Crippen LogP) is 2.33. The number of carbonyl (C=O) groups is 3. The molecule has 0 aromatic rings. The zero-order valence-corrected chi connectivity index (χ0v) is 14.4. The Hall–Kier alpha value is -1.79. The molecule has 2 N–H and O–H groups in total. The number of aliphatic carboxylic acids is 1. The fourth-order valence-corrected chi connectivity index (χ4v) is 1.65. The number of hydrogen-bond acceptors (Lipinski definition) is 5. The van der Waals surface area contributed by atoms with Crippen LogP contribution in [-0.4, -0.2) is 40.4 Å². The van der Waals surface area contributed by atoms with Crippen molar-refractivity contribution in [1.82, 2.24) is 5.32 Å². The van der Waals surface area contributed by atoms with E-state index in [1.165, 1.54) is 0 Å². The highest BCUT2D eigenvalue weighted by atomic mass is 16.6. The Morgan fingerprint density at radius 2 is 1.45 bits per heavy atom. The van der Waals surface area contributed by atoms with Crippen LogP contribution in [0.4, 0.5) is 4.79 Å². The Kier molecular flexibility index (Phi) is 6.86. The van der Waals surface area contributed by atoms with Crippen LogP contribution in [0.2, 0.25) is 0 Å². The van der Waals surface area contributed by atoms with Gasteiger partial charge >= 0.3 is 18.0 Å². The highest BCUT2D eigenvalue weighted by Crippen LogP contribution is 2.15. The van der Waals surface area contributed by atoms with Gasteiger partial charge in [0.15, 0.2) is 0 Å². The Bertz CT molecular complexity index is 419. The summed E-state index contributed by atoms with van der Waals surface area (Å²) < 4.78 is 10.2. The molecule has 0 fully saturated rings. The van der Waals surface area contributed by atoms with Gasteiger partial charge in [-0.2, -0.15) is 0 Å². The van der Waals surface area contributed by atoms with Crippen LogP contribution in [0, 0.1) is 5.92 Å². The van der Waals surface area contributed by atoms with Crippen LogP contribution >= 0.6 is 0 Å². The normalized spacial score (nSPS) is 14.7. The summed E-state index contributed by atoms with van der Waals surface area (Å²) in [6, 6.07) is -1.23. The SMILES string of the molecule is C[C@@H](CC(=O)OC(C)(C)C)[C@@H](NC(=O)OC(C)(C)C)C(=O)O. The molecule has 0 saturated carbocycles. The molecule has 0 rings (SSSR count). The lowest BCUT2D eigenvalue weighted by atomic mass is 9.98. The van der Waals surface area contributed by atoms with E-state index in [0.29, 0.717) is 0 Å². The standard InChI is InChI=1S/C15H27NO6/c1-9(8-10(17)21-14(2,3)4)11(12(18)19)16-13(20)22-15(5,6)7/h9,11H,8H2,1-7H3,(H,16,20)(H,18,19)/t9-,11+/m0/s1. The third kappa shape index (κ3) is 9.20. The summed E-state index contributed by atoms with van der Waals surface area (Å²) in [6.07, 6.45) is -0.958. The molecule has 2 atom stereocenters. The summed E-state index contributed by atoms with van der Waals surface area (Å²) in [7, 11) is 0. The molecule has 0 spiro atoms. The van der Waals surface area contributed by atoms with Gasteiger partial charge in [0.05, 0.1) is 6.42 Å². The van der Waals surface area contributed by atoms with E-state index in [1.54, 1.807) is 48.5 Å². The van der Waals surface area contributed by atoms with Gasteiger partial charge in [-0.1, -0.05) is 6.92 Å². The highest BCUT2D eigenvalue weighted by Gasteiger charge is 2.31. The number of carbonyl (C=O) groups excluding carboxylic acids is 2. The van der Waals surface area contributed by atoms with Crippen molar-refractivity contribution < 1.29 is 29.0 Å². The van der Waals surface area contributed by atoms with Crippen molar-refractivity contribution in [1.29, 1.82) is 0 Å². The van der Waals surface area contributed by atoms with Gasteiger partial charge in [0.2, 0.25) is 0 Å². The van der Waals surface area contributed by atoms with Gasteiger partial charge < -0.3 is 19.9 Å². The van der Waals surface area contributed by atoms with Crippen molar-refractivity contribution in [2.24, 2.45) is 5.92 Å². The maximum atomic E-state index is 11.8. The molecule has 0 bridgehead atoms. The maximum absolute atomic E-state index is 11.8. The first-order chi connectivity index (χ1) is 9.71. The zero-order chi connectivity index (χ0) is 17.7. The Morgan fingerprint density at radius 1 is 1.00 bits per heavy atom. The van der Waals surface area contributed by atoms with Gasteiger partial charge in [0.1, 0.15) is 17.2 Å². The monoisotopic (exact) mass is 317 g/mol. The third-order valence-corrected chi connectivity index (χ3v) is 2.42. The first-order valence-corrected chi connectivity index (χ1v) is 7.15. The van der Waals surface area contributed by atoms with E-state index in [4.69, 9.17) is 9.47 Å². The number of hydrogen-bond donors (Lipinski definition) is 2. The molecular weight excluding hydrogens is 290 g/mol. The van der Waals surface area contributed by atoms with Crippen LogP contribution in [0.25, 0.3) is 0 Å². The average Bonchev–Trinajstić information content (AvgIpc) is 2.19. The first-order valence-electron chi connectivity index (χ1n) is 7.15. The van der Waals surface area contributed by atoms with Crippen molar-refractivity contribution in [2.45, 2.75) is 72.1 Å². The van der Waals surface area contributed by atoms with E-state index < -0.39 is 41.2 Å². The molecule has 0 saturated heterocycles. The van der Waals surface area contributed by atoms with Crippen molar-refractivity contribution >= 4 is 18.0 Å². The molecule has 0 aliphatic rings. The molecule has 0 aliphatic heterocycles. The van der Waals surface area contributed by atoms with Gasteiger partial charge in [-0.3, -0.25) is 4.79 Å². The van der Waals surface area contributed by atoms with E-state index in [9.17, 15) is 19.5 Å². The highest BCUT2D eigenvalue weighted by molar-refractivity contribution is 5.81. The quantitative estimate of drug-likeness (QED) is 0.755. The summed E-state index contributed by atoms with van der Waals surface area (Å²) in [4.78, 5) is 34.7. The molecule has 22 heavy (non-hydrogen) atoms. The lowest BCUT2D eigenvalue weighted by Gasteiger charge is -2.25. The van der Waals surface area contributed by atoms with E-state index in [-0.39, 0.29) is 6.42 Å². The fourth-order valence-electron chi connectivity index (χ4n) is 1.65. The summed E-state index contributed by atoms with van der Waals surface area (Å²) in [5.41, 5.74) is -1.38. The smallest absolute Gasteiger partial charge is 0.408 e. The topological polar surface area (TPSA) is 102 Å². The van der Waals surface area contributed by atoms with Crippen molar-refractivity contribution in [3.63, 3.8) is 0 Å². The van der Waals surface area contributed by atoms with Crippen molar-refractivity contribution in [3.8, 4) is 0 Å². The van der Waals surface area contributed by atoms with Crippen molar-refractivity contribution in [2.75, 3.05) is 0 Å². The molecule has 0 aliphatic carbocycles. The summed E-state index contributed by atoms with van der Waals surface area (Å²) >= 11 is 0. The minimum absolute atomic E-state index is 0.121. The molecule has 0 heterocycles. The summed E-state index contributed by atoms with van der Waals surface area (Å²) in [5, 5.41) is 11.5. The zero-order valence-electron chi connectivity index (χ0n) is 14.4. The number of rotatable bonds is 5. The largest absolute Gasteiger partial charge is 0.480 e. The van der Waals surface area contributed by atoms with Crippen LogP contribution in [0.3, 0.4) is 0 Å². The Balaban J connectivity index is 4.72. The Labute approximate surface area is 131 Å². The number of amides is 1. The Morgan fingerprint density at radius 3 is 1.82 bits per heavy atom. The molecule has 7 heteroatoms. The van der Waals surface area contributed by atoms with E-state index in [1.807, 2.05) is 0 Å². The molecular formula is C15H27NO6. The number of carboxylic acids is 1. The van der Waals surface area contributed by atoms with Crippen LogP contribution in [0.5, 0.6) is 0 Å². The predicted molar refractivity (Wildman–Crippen MR) is 80.4 cm³/mol. The molecule has 0 unspecified atom stereocenters. The van der Waals surface area contributed by atoms with Gasteiger partial charge in [-0.25, -0.2) is 9.59 Å². The molecule has 128 valence electrons. The lowest BCUT2D eigenvalue weighted by Crippen LogP contribution is -2.47. The number of alkyl carbamates (subject to hydrolysis) is 1. The van der Waals surface area contributed by atoms with Gasteiger partial charge in [0.25, 0.3) is 0 Å². The van der Waals surface area contributed by atoms with Gasteiger partial charge in [-0.15, -0.1) is 0 Å². The van der Waals surface area contributed by atoms with Gasteiger partial charge in [0, 0.05) is 0 Å². The summed E-state index contributed by atoms with van der Waals surface area (Å²) in [5.74, 6) is -2.39. The molecule has 0 aromatic carbocycles. The van der Waals surface area contributed by atoms with Crippen LogP contribution in [-0.2, 0) is 19.1 Å². The molecule has 1 amide bonds. The van der Waals surface area contributed by atoms with E-state index >= 15 is 0 Å². The summed E-state index contributed by atoms with van der Waals surface area (Å²) in [6.45, 7) is 11.8. The van der Waals surface area contributed by atoms with Crippen LogP contribution in [0.15, 0.2) is 0 Å². The third-order valence-electron chi connectivity index (χ3n) is 2.42. The maximum Gasteiger partial charge on any atom is 0.408 e. The number of esters is 1. The van der Waals surface area contributed by atoms with E-state index in [2.05, 4.69) is 5.32 Å². The lowest BCUT2D eigenvalue weighted by molar-refractivity contribution is -0.156. The van der Waals surface area contributed by atoms with E-state index in [0.717, 1.165) is 0 Å². The molecule has 0 radical (unpaired) electrons. The van der Waals surface area contributed by atoms with Crippen molar-refractivity contribution in [3.05, 3.63) is 0 Å². The van der Waals surface area contributed by atoms with Crippen LogP contribution < -0.4 is 5.32 Å². The fraction of sp³-hybridized carbons (Fsp3) is 0.800. The second kappa shape index (κ2) is 7.47. The average molecular weight is 317 g/mol.